The van der Waals surface area contributed by atoms with Crippen molar-refractivity contribution < 1.29 is 14.7 Å². The highest BCUT2D eigenvalue weighted by molar-refractivity contribution is 7.09. The monoisotopic (exact) mass is 290 g/mol. The van der Waals surface area contributed by atoms with Gasteiger partial charge >= 0.3 is 5.97 Å². The molecule has 1 amide bonds. The van der Waals surface area contributed by atoms with Gasteiger partial charge in [-0.05, 0) is 24.1 Å². The second-order valence-electron chi connectivity index (χ2n) is 4.21. The second kappa shape index (κ2) is 6.29. The number of hydrogen-bond acceptors (Lipinski definition) is 4. The largest absolute Gasteiger partial charge is 0.476 e. The van der Waals surface area contributed by atoms with Crippen LogP contribution in [0.1, 0.15) is 28.0 Å². The summed E-state index contributed by atoms with van der Waals surface area (Å²) in [6.45, 7) is 2.07. The van der Waals surface area contributed by atoms with Crippen molar-refractivity contribution >= 4 is 28.9 Å². The zero-order valence-corrected chi connectivity index (χ0v) is 11.7. The third-order valence-corrected chi connectivity index (χ3v) is 3.58. The van der Waals surface area contributed by atoms with Gasteiger partial charge in [0, 0.05) is 11.1 Å². The first kappa shape index (κ1) is 14.2. The number of aromatic nitrogens is 1. The first-order chi connectivity index (χ1) is 9.58. The number of hydrogen-bond donors (Lipinski definition) is 2. The summed E-state index contributed by atoms with van der Waals surface area (Å²) in [6, 6.07) is 7.62. The average molecular weight is 290 g/mol. The van der Waals surface area contributed by atoms with Crippen molar-refractivity contribution in [1.82, 2.24) is 4.98 Å². The number of carboxylic acid groups (broad SMARTS) is 1. The summed E-state index contributed by atoms with van der Waals surface area (Å²) in [6.07, 6.45) is 1.03. The lowest BCUT2D eigenvalue weighted by Crippen LogP contribution is -2.14. The van der Waals surface area contributed by atoms with Crippen molar-refractivity contribution in [2.45, 2.75) is 19.8 Å². The molecule has 0 unspecified atom stereocenters. The van der Waals surface area contributed by atoms with Crippen molar-refractivity contribution in [2.24, 2.45) is 0 Å². The molecule has 6 heteroatoms. The normalized spacial score (nSPS) is 10.2. The minimum Gasteiger partial charge on any atom is -0.476 e. The number of carbonyl (C=O) groups excluding carboxylic acids is 1. The molecular formula is C14H14N2O3S. The maximum absolute atomic E-state index is 11.8. The molecule has 0 spiro atoms. The Balaban J connectivity index is 1.95. The quantitative estimate of drug-likeness (QED) is 0.887. The molecule has 0 aliphatic carbocycles. The zero-order chi connectivity index (χ0) is 14.5. The number of nitrogens with zero attached hydrogens (tertiary/aromatic N) is 1. The van der Waals surface area contributed by atoms with E-state index in [4.69, 9.17) is 5.11 Å². The molecule has 0 saturated carbocycles. The summed E-state index contributed by atoms with van der Waals surface area (Å²) in [7, 11) is 0. The highest BCUT2D eigenvalue weighted by Crippen LogP contribution is 2.13. The van der Waals surface area contributed by atoms with Crippen LogP contribution in [0, 0.1) is 0 Å². The molecule has 5 nitrogen and oxygen atoms in total. The van der Waals surface area contributed by atoms with Crippen molar-refractivity contribution in [3.63, 3.8) is 0 Å². The van der Waals surface area contributed by atoms with Crippen LogP contribution in [-0.4, -0.2) is 22.0 Å². The summed E-state index contributed by atoms with van der Waals surface area (Å²) in [5.41, 5.74) is 1.90. The highest BCUT2D eigenvalue weighted by atomic mass is 32.1. The number of rotatable bonds is 5. The fourth-order valence-electron chi connectivity index (χ4n) is 1.66. The van der Waals surface area contributed by atoms with Crippen LogP contribution in [-0.2, 0) is 17.6 Å². The van der Waals surface area contributed by atoms with Crippen LogP contribution in [0.4, 0.5) is 5.69 Å². The average Bonchev–Trinajstić information content (AvgIpc) is 2.88. The molecule has 0 aliphatic rings. The maximum atomic E-state index is 11.8. The van der Waals surface area contributed by atoms with Crippen LogP contribution in [0.2, 0.25) is 0 Å². The van der Waals surface area contributed by atoms with Gasteiger partial charge in [-0.15, -0.1) is 11.3 Å². The van der Waals surface area contributed by atoms with E-state index in [2.05, 4.69) is 17.2 Å². The molecule has 2 rings (SSSR count). The summed E-state index contributed by atoms with van der Waals surface area (Å²) in [5.74, 6) is -1.29. The van der Waals surface area contributed by atoms with Crippen molar-refractivity contribution in [3.05, 3.63) is 45.9 Å². The summed E-state index contributed by atoms with van der Waals surface area (Å²) >= 11 is 1.17. The predicted octanol–water partition coefficient (Wildman–Crippen LogP) is 2.58. The fourth-order valence-corrected chi connectivity index (χ4v) is 2.42. The van der Waals surface area contributed by atoms with Crippen molar-refractivity contribution in [2.75, 3.05) is 5.32 Å². The molecule has 0 atom stereocenters. The molecule has 0 fully saturated rings. The van der Waals surface area contributed by atoms with Gasteiger partial charge in [0.1, 0.15) is 5.01 Å². The van der Waals surface area contributed by atoms with Gasteiger partial charge in [-0.1, -0.05) is 19.1 Å². The van der Waals surface area contributed by atoms with Gasteiger partial charge < -0.3 is 10.4 Å². The fraction of sp³-hybridized carbons (Fsp3) is 0.214. The van der Waals surface area contributed by atoms with Gasteiger partial charge in [0.25, 0.3) is 0 Å². The van der Waals surface area contributed by atoms with Crippen molar-refractivity contribution in [3.8, 4) is 0 Å². The Kier molecular flexibility index (Phi) is 4.47. The van der Waals surface area contributed by atoms with Crippen molar-refractivity contribution in [1.29, 1.82) is 0 Å². The predicted molar refractivity (Wildman–Crippen MR) is 77.2 cm³/mol. The summed E-state index contributed by atoms with van der Waals surface area (Å²) in [4.78, 5) is 26.4. The molecule has 0 bridgehead atoms. The van der Waals surface area contributed by atoms with Crippen LogP contribution in [0.5, 0.6) is 0 Å². The molecule has 0 saturated heterocycles. The Morgan fingerprint density at radius 3 is 2.55 bits per heavy atom. The molecule has 1 aromatic carbocycles. The van der Waals surface area contributed by atoms with Gasteiger partial charge in [0.05, 0.1) is 6.42 Å². The van der Waals surface area contributed by atoms with Crippen LogP contribution < -0.4 is 5.32 Å². The highest BCUT2D eigenvalue weighted by Gasteiger charge is 2.11. The molecule has 2 aromatic rings. The third-order valence-electron chi connectivity index (χ3n) is 2.73. The van der Waals surface area contributed by atoms with E-state index in [0.717, 1.165) is 12.1 Å². The molecule has 1 heterocycles. The minimum atomic E-state index is -1.08. The van der Waals surface area contributed by atoms with E-state index in [0.29, 0.717) is 5.01 Å². The van der Waals surface area contributed by atoms with Crippen LogP contribution in [0.15, 0.2) is 29.6 Å². The van der Waals surface area contributed by atoms with E-state index in [1.54, 1.807) is 0 Å². The lowest BCUT2D eigenvalue weighted by Gasteiger charge is -2.04. The minimum absolute atomic E-state index is 0.0231. The van der Waals surface area contributed by atoms with Gasteiger partial charge in [0.15, 0.2) is 5.69 Å². The number of aryl methyl sites for hydroxylation is 1. The third kappa shape index (κ3) is 3.64. The summed E-state index contributed by atoms with van der Waals surface area (Å²) in [5, 5.41) is 13.4. The Morgan fingerprint density at radius 1 is 1.30 bits per heavy atom. The number of benzene rings is 1. The number of carboxylic acids is 1. The molecule has 20 heavy (non-hydrogen) atoms. The number of anilines is 1. The molecule has 0 radical (unpaired) electrons. The molecule has 1 aromatic heterocycles. The Morgan fingerprint density at radius 2 is 2.00 bits per heavy atom. The van der Waals surface area contributed by atoms with Crippen LogP contribution in [0.25, 0.3) is 0 Å². The smallest absolute Gasteiger partial charge is 0.355 e. The topological polar surface area (TPSA) is 79.3 Å². The van der Waals surface area contributed by atoms with Gasteiger partial charge in [-0.2, -0.15) is 0 Å². The standard InChI is InChI=1S/C14H14N2O3S/c1-2-9-3-5-10(6-4-9)15-12(17)7-13-16-11(8-20-13)14(18)19/h3-6,8H,2,7H2,1H3,(H,15,17)(H,18,19). The lowest BCUT2D eigenvalue weighted by atomic mass is 10.1. The Labute approximate surface area is 120 Å². The first-order valence-electron chi connectivity index (χ1n) is 6.15. The summed E-state index contributed by atoms with van der Waals surface area (Å²) < 4.78 is 0. The van der Waals surface area contributed by atoms with E-state index < -0.39 is 5.97 Å². The lowest BCUT2D eigenvalue weighted by molar-refractivity contribution is -0.115. The van der Waals surface area contributed by atoms with E-state index in [1.807, 2.05) is 24.3 Å². The van der Waals surface area contributed by atoms with Gasteiger partial charge in [-0.3, -0.25) is 4.79 Å². The number of nitrogens with one attached hydrogen (secondary N) is 1. The molecule has 0 aliphatic heterocycles. The Bertz CT molecular complexity index is 620. The van der Waals surface area contributed by atoms with Gasteiger partial charge in [0.2, 0.25) is 5.91 Å². The Hall–Kier alpha value is -2.21. The SMILES string of the molecule is CCc1ccc(NC(=O)Cc2nc(C(=O)O)cs2)cc1. The second-order valence-corrected chi connectivity index (χ2v) is 5.15. The van der Waals surface area contributed by atoms with Gasteiger partial charge in [-0.25, -0.2) is 9.78 Å². The molecule has 104 valence electrons. The van der Waals surface area contributed by atoms with Crippen LogP contribution >= 0.6 is 11.3 Å². The first-order valence-corrected chi connectivity index (χ1v) is 7.03. The van der Waals surface area contributed by atoms with E-state index >= 15 is 0 Å². The number of amides is 1. The number of thiazole rings is 1. The molecular weight excluding hydrogens is 276 g/mol. The molecule has 2 N–H and O–H groups in total. The number of aromatic carboxylic acids is 1. The number of carbonyl (C=O) groups is 2. The van der Waals surface area contributed by atoms with Crippen LogP contribution in [0.3, 0.4) is 0 Å². The van der Waals surface area contributed by atoms with E-state index in [-0.39, 0.29) is 18.0 Å². The van der Waals surface area contributed by atoms with E-state index in [1.165, 1.54) is 22.3 Å². The van der Waals surface area contributed by atoms with E-state index in [9.17, 15) is 9.59 Å². The zero-order valence-electron chi connectivity index (χ0n) is 10.9. The maximum Gasteiger partial charge on any atom is 0.355 e.